The Labute approximate surface area is 124 Å². The van der Waals surface area contributed by atoms with E-state index in [1.165, 1.54) is 12.8 Å². The van der Waals surface area contributed by atoms with Gasteiger partial charge in [-0.25, -0.2) is 0 Å². The minimum atomic E-state index is 0.531. The van der Waals surface area contributed by atoms with Crippen LogP contribution in [0.15, 0.2) is 30.3 Å². The van der Waals surface area contributed by atoms with Crippen molar-refractivity contribution in [3.8, 4) is 11.5 Å². The molecule has 0 amide bonds. The maximum absolute atomic E-state index is 5.41. The zero-order valence-electron chi connectivity index (χ0n) is 12.3. The number of ether oxygens (including phenoxy) is 2. The van der Waals surface area contributed by atoms with Crippen molar-refractivity contribution in [3.63, 3.8) is 0 Å². The van der Waals surface area contributed by atoms with E-state index in [2.05, 4.69) is 15.5 Å². The molecule has 1 heterocycles. The molecule has 1 fully saturated rings. The van der Waals surface area contributed by atoms with Gasteiger partial charge < -0.3 is 14.8 Å². The molecule has 5 heteroatoms. The standard InChI is InChI=1S/C16H19N3O2/c1-20-13-7-3-11(4-8-13)10-17-15-9-14(21-2)16(19-18-15)12-5-6-12/h3-4,7-9,12H,5-6,10H2,1-2H3,(H,17,18). The van der Waals surface area contributed by atoms with Crippen LogP contribution in [0.4, 0.5) is 5.82 Å². The summed E-state index contributed by atoms with van der Waals surface area (Å²) in [5.41, 5.74) is 2.13. The molecular weight excluding hydrogens is 266 g/mol. The molecule has 21 heavy (non-hydrogen) atoms. The Hall–Kier alpha value is -2.30. The number of benzene rings is 1. The van der Waals surface area contributed by atoms with E-state index in [1.54, 1.807) is 14.2 Å². The summed E-state index contributed by atoms with van der Waals surface area (Å²) in [6.45, 7) is 0.685. The number of anilines is 1. The van der Waals surface area contributed by atoms with Crippen LogP contribution in [0.25, 0.3) is 0 Å². The Morgan fingerprint density at radius 3 is 2.48 bits per heavy atom. The van der Waals surface area contributed by atoms with E-state index in [9.17, 15) is 0 Å². The van der Waals surface area contributed by atoms with E-state index in [1.807, 2.05) is 30.3 Å². The van der Waals surface area contributed by atoms with Crippen LogP contribution in [0.5, 0.6) is 11.5 Å². The van der Waals surface area contributed by atoms with Gasteiger partial charge in [0.15, 0.2) is 5.82 Å². The normalized spacial score (nSPS) is 13.8. The topological polar surface area (TPSA) is 56.3 Å². The fourth-order valence-corrected chi connectivity index (χ4v) is 2.21. The number of hydrogen-bond acceptors (Lipinski definition) is 5. The molecule has 5 nitrogen and oxygen atoms in total. The van der Waals surface area contributed by atoms with Gasteiger partial charge in [-0.3, -0.25) is 0 Å². The molecule has 1 N–H and O–H groups in total. The van der Waals surface area contributed by atoms with Gasteiger partial charge >= 0.3 is 0 Å². The fraction of sp³-hybridized carbons (Fsp3) is 0.375. The lowest BCUT2D eigenvalue weighted by Gasteiger charge is -2.10. The van der Waals surface area contributed by atoms with E-state index in [-0.39, 0.29) is 0 Å². The van der Waals surface area contributed by atoms with Crippen molar-refractivity contribution in [1.29, 1.82) is 0 Å². The van der Waals surface area contributed by atoms with Gasteiger partial charge in [-0.05, 0) is 30.5 Å². The lowest BCUT2D eigenvalue weighted by molar-refractivity contribution is 0.405. The first-order valence-electron chi connectivity index (χ1n) is 7.08. The third-order valence-corrected chi connectivity index (χ3v) is 3.60. The lowest BCUT2D eigenvalue weighted by atomic mass is 10.2. The second-order valence-electron chi connectivity index (χ2n) is 5.16. The van der Waals surface area contributed by atoms with Gasteiger partial charge in [0, 0.05) is 18.5 Å². The number of methoxy groups -OCH3 is 2. The number of hydrogen-bond donors (Lipinski definition) is 1. The van der Waals surface area contributed by atoms with Crippen molar-refractivity contribution < 1.29 is 9.47 Å². The highest BCUT2D eigenvalue weighted by Gasteiger charge is 2.29. The van der Waals surface area contributed by atoms with Crippen molar-refractivity contribution in [2.75, 3.05) is 19.5 Å². The summed E-state index contributed by atoms with van der Waals surface area (Å²) in [6, 6.07) is 9.85. The highest BCUT2D eigenvalue weighted by molar-refractivity contribution is 5.44. The Balaban J connectivity index is 1.66. The third-order valence-electron chi connectivity index (χ3n) is 3.60. The van der Waals surface area contributed by atoms with Gasteiger partial charge in [-0.15, -0.1) is 10.2 Å². The van der Waals surface area contributed by atoms with Crippen LogP contribution >= 0.6 is 0 Å². The average Bonchev–Trinajstić information content (AvgIpc) is 3.38. The van der Waals surface area contributed by atoms with Gasteiger partial charge in [0.2, 0.25) is 0 Å². The molecule has 0 saturated heterocycles. The van der Waals surface area contributed by atoms with Crippen LogP contribution in [0.2, 0.25) is 0 Å². The number of nitrogens with zero attached hydrogens (tertiary/aromatic N) is 2. The van der Waals surface area contributed by atoms with Crippen molar-refractivity contribution in [2.24, 2.45) is 0 Å². The highest BCUT2D eigenvalue weighted by atomic mass is 16.5. The molecule has 0 unspecified atom stereocenters. The Bertz CT molecular complexity index is 609. The minimum Gasteiger partial charge on any atom is -0.497 e. The quantitative estimate of drug-likeness (QED) is 0.884. The molecular formula is C16H19N3O2. The molecule has 0 spiro atoms. The molecule has 0 bridgehead atoms. The summed E-state index contributed by atoms with van der Waals surface area (Å²) in [5, 5.41) is 11.8. The summed E-state index contributed by atoms with van der Waals surface area (Å²) in [6.07, 6.45) is 2.37. The first-order valence-corrected chi connectivity index (χ1v) is 7.08. The van der Waals surface area contributed by atoms with Crippen molar-refractivity contribution in [2.45, 2.75) is 25.3 Å². The summed E-state index contributed by atoms with van der Waals surface area (Å²) < 4.78 is 10.6. The Morgan fingerprint density at radius 2 is 1.86 bits per heavy atom. The summed E-state index contributed by atoms with van der Waals surface area (Å²) >= 11 is 0. The Morgan fingerprint density at radius 1 is 1.10 bits per heavy atom. The maximum Gasteiger partial charge on any atom is 0.152 e. The van der Waals surface area contributed by atoms with Crippen LogP contribution in [0.3, 0.4) is 0 Å². The second kappa shape index (κ2) is 5.99. The maximum atomic E-state index is 5.41. The molecule has 1 aromatic carbocycles. The predicted octanol–water partition coefficient (Wildman–Crippen LogP) is 2.98. The molecule has 0 radical (unpaired) electrons. The van der Waals surface area contributed by atoms with Gasteiger partial charge in [0.25, 0.3) is 0 Å². The van der Waals surface area contributed by atoms with Gasteiger partial charge in [0.1, 0.15) is 17.2 Å². The van der Waals surface area contributed by atoms with Gasteiger partial charge in [0.05, 0.1) is 14.2 Å². The smallest absolute Gasteiger partial charge is 0.152 e. The largest absolute Gasteiger partial charge is 0.497 e. The zero-order chi connectivity index (χ0) is 14.7. The van der Waals surface area contributed by atoms with Crippen LogP contribution in [-0.2, 0) is 6.54 Å². The summed E-state index contributed by atoms with van der Waals surface area (Å²) in [7, 11) is 3.34. The highest BCUT2D eigenvalue weighted by Crippen LogP contribution is 2.43. The monoisotopic (exact) mass is 285 g/mol. The molecule has 2 aromatic rings. The molecule has 3 rings (SSSR count). The number of nitrogens with one attached hydrogen (secondary N) is 1. The first-order chi connectivity index (χ1) is 10.3. The van der Waals surface area contributed by atoms with Crippen LogP contribution in [0, 0.1) is 0 Å². The second-order valence-corrected chi connectivity index (χ2v) is 5.16. The van der Waals surface area contributed by atoms with Crippen LogP contribution < -0.4 is 14.8 Å². The van der Waals surface area contributed by atoms with Gasteiger partial charge in [-0.1, -0.05) is 12.1 Å². The van der Waals surface area contributed by atoms with E-state index in [0.717, 1.165) is 28.6 Å². The zero-order valence-corrected chi connectivity index (χ0v) is 12.3. The molecule has 0 atom stereocenters. The summed E-state index contributed by atoms with van der Waals surface area (Å²) in [4.78, 5) is 0. The number of aromatic nitrogens is 2. The molecule has 1 aliphatic rings. The Kier molecular flexibility index (Phi) is 3.90. The van der Waals surface area contributed by atoms with Crippen LogP contribution in [0.1, 0.15) is 30.0 Å². The van der Waals surface area contributed by atoms with Crippen molar-refractivity contribution >= 4 is 5.82 Å². The first kappa shape index (κ1) is 13.7. The molecule has 110 valence electrons. The molecule has 1 aromatic heterocycles. The number of rotatable bonds is 6. The molecule has 1 aliphatic carbocycles. The lowest BCUT2D eigenvalue weighted by Crippen LogP contribution is -2.05. The predicted molar refractivity (Wildman–Crippen MR) is 80.9 cm³/mol. The minimum absolute atomic E-state index is 0.531. The van der Waals surface area contributed by atoms with Gasteiger partial charge in [-0.2, -0.15) is 0 Å². The fourth-order valence-electron chi connectivity index (χ4n) is 2.21. The van der Waals surface area contributed by atoms with E-state index in [0.29, 0.717) is 12.5 Å². The van der Waals surface area contributed by atoms with Crippen LogP contribution in [-0.4, -0.2) is 24.4 Å². The van der Waals surface area contributed by atoms with Crippen molar-refractivity contribution in [3.05, 3.63) is 41.6 Å². The average molecular weight is 285 g/mol. The third kappa shape index (κ3) is 3.24. The molecule has 0 aliphatic heterocycles. The van der Waals surface area contributed by atoms with E-state index < -0.39 is 0 Å². The van der Waals surface area contributed by atoms with E-state index >= 15 is 0 Å². The summed E-state index contributed by atoms with van der Waals surface area (Å²) in [5.74, 6) is 2.94. The van der Waals surface area contributed by atoms with Crippen molar-refractivity contribution in [1.82, 2.24) is 10.2 Å². The van der Waals surface area contributed by atoms with E-state index in [4.69, 9.17) is 9.47 Å². The SMILES string of the molecule is COc1ccc(CNc2cc(OC)c(C3CC3)nn2)cc1. The molecule has 1 saturated carbocycles.